The van der Waals surface area contributed by atoms with E-state index in [1.54, 1.807) is 36.4 Å². The van der Waals surface area contributed by atoms with Crippen LogP contribution in [0, 0.1) is 36.3 Å². The van der Waals surface area contributed by atoms with Crippen LogP contribution in [-0.4, -0.2) is 40.8 Å². The average molecular weight is 652 g/mol. The molecule has 0 spiro atoms. The molecule has 1 fully saturated rings. The first kappa shape index (κ1) is 33.0. The third-order valence-corrected chi connectivity index (χ3v) is 9.93. The fraction of sp³-hybridized carbons (Fsp3) is 0.333. The SMILES string of the molecule is Cc1nc(C)c(-c2ccc3c(c2)C(=O)C(Cc2ccc(F)cc2)(Cc2ccc(F)cc2)C(=O)N3)c(N2CCC(C)(C)CC2)c1CC(=O)O. The molecule has 2 aliphatic rings. The molecule has 6 rings (SSSR count). The molecule has 3 aromatic carbocycles. The molecule has 7 nitrogen and oxygen atoms in total. The summed E-state index contributed by atoms with van der Waals surface area (Å²) in [5.74, 6) is -2.71. The van der Waals surface area contributed by atoms with Gasteiger partial charge < -0.3 is 15.3 Å². The summed E-state index contributed by atoms with van der Waals surface area (Å²) in [5.41, 5.74) is 4.70. The standard InChI is InChI=1S/C39H39F2N3O4/c1-23-30(20-33(45)46)35(44-17-15-38(3,4)16-18-44)34(24(2)42-23)27-9-14-32-31(19-27)36(47)39(37(48)43-32,21-25-5-10-28(40)11-6-25)22-26-7-12-29(41)13-8-26/h5-14,19H,15-18,20-22H2,1-4H3,(H,43,48)(H,45,46). The molecule has 2 aliphatic heterocycles. The Hall–Kier alpha value is -4.92. The van der Waals surface area contributed by atoms with Gasteiger partial charge in [0.15, 0.2) is 5.78 Å². The first-order valence-electron chi connectivity index (χ1n) is 16.2. The van der Waals surface area contributed by atoms with Crippen molar-refractivity contribution in [1.29, 1.82) is 0 Å². The van der Waals surface area contributed by atoms with E-state index in [1.807, 2.05) is 19.9 Å². The normalized spacial score (nSPS) is 16.8. The largest absolute Gasteiger partial charge is 0.481 e. The van der Waals surface area contributed by atoms with E-state index in [2.05, 4.69) is 24.1 Å². The number of benzene rings is 3. The lowest BCUT2D eigenvalue weighted by Gasteiger charge is -2.40. The molecule has 2 N–H and O–H groups in total. The Morgan fingerprint density at radius 1 is 0.875 bits per heavy atom. The monoisotopic (exact) mass is 651 g/mol. The zero-order chi connectivity index (χ0) is 34.4. The minimum atomic E-state index is -1.60. The number of nitrogens with zero attached hydrogens (tertiary/aromatic N) is 2. The zero-order valence-electron chi connectivity index (χ0n) is 27.6. The highest BCUT2D eigenvalue weighted by atomic mass is 19.1. The van der Waals surface area contributed by atoms with Crippen LogP contribution in [-0.2, 0) is 28.9 Å². The van der Waals surface area contributed by atoms with Crippen molar-refractivity contribution in [3.8, 4) is 11.1 Å². The number of carboxylic acid groups (broad SMARTS) is 1. The van der Waals surface area contributed by atoms with Crippen LogP contribution in [0.4, 0.5) is 20.2 Å². The molecule has 3 heterocycles. The first-order valence-corrected chi connectivity index (χ1v) is 16.2. The van der Waals surface area contributed by atoms with E-state index in [0.717, 1.165) is 37.2 Å². The van der Waals surface area contributed by atoms with Gasteiger partial charge in [-0.25, -0.2) is 8.78 Å². The van der Waals surface area contributed by atoms with Gasteiger partial charge in [0.05, 0.1) is 17.8 Å². The molecular weight excluding hydrogens is 612 g/mol. The van der Waals surface area contributed by atoms with Gasteiger partial charge in [-0.2, -0.15) is 0 Å². The van der Waals surface area contributed by atoms with Crippen molar-refractivity contribution in [2.75, 3.05) is 23.3 Å². The van der Waals surface area contributed by atoms with Gasteiger partial charge in [-0.15, -0.1) is 0 Å². The predicted molar refractivity (Wildman–Crippen MR) is 181 cm³/mol. The maximum Gasteiger partial charge on any atom is 0.307 e. The highest BCUT2D eigenvalue weighted by Gasteiger charge is 2.50. The molecular formula is C39H39F2N3O4. The van der Waals surface area contributed by atoms with Crippen molar-refractivity contribution in [1.82, 2.24) is 4.98 Å². The Balaban J connectivity index is 1.50. The number of ketones is 1. The molecule has 1 aromatic heterocycles. The van der Waals surface area contributed by atoms with E-state index in [1.165, 1.54) is 24.3 Å². The van der Waals surface area contributed by atoms with Crippen molar-refractivity contribution in [2.24, 2.45) is 10.8 Å². The number of carbonyl (C=O) groups is 3. The number of carboxylic acids is 1. The zero-order valence-corrected chi connectivity index (χ0v) is 27.6. The van der Waals surface area contributed by atoms with Crippen LogP contribution in [0.1, 0.15) is 65.1 Å². The van der Waals surface area contributed by atoms with Gasteiger partial charge in [0.1, 0.15) is 17.0 Å². The smallest absolute Gasteiger partial charge is 0.307 e. The summed E-state index contributed by atoms with van der Waals surface area (Å²) in [6, 6.07) is 16.7. The summed E-state index contributed by atoms with van der Waals surface area (Å²) in [6.45, 7) is 9.68. The number of aromatic nitrogens is 1. The highest BCUT2D eigenvalue weighted by molar-refractivity contribution is 6.24. The predicted octanol–water partition coefficient (Wildman–Crippen LogP) is 7.50. The molecule has 248 valence electrons. The van der Waals surface area contributed by atoms with Gasteiger partial charge in [0.25, 0.3) is 0 Å². The maximum atomic E-state index is 14.8. The van der Waals surface area contributed by atoms with Crippen molar-refractivity contribution in [3.63, 3.8) is 0 Å². The molecule has 1 amide bonds. The number of Topliss-reactive ketones (excluding diaryl/α,β-unsaturated/α-hetero) is 1. The van der Waals surface area contributed by atoms with Crippen LogP contribution in [0.15, 0.2) is 66.7 Å². The Kier molecular flexibility index (Phi) is 8.66. The van der Waals surface area contributed by atoms with Crippen molar-refractivity contribution < 1.29 is 28.3 Å². The lowest BCUT2D eigenvalue weighted by atomic mass is 9.68. The van der Waals surface area contributed by atoms with Gasteiger partial charge in [-0.3, -0.25) is 19.4 Å². The molecule has 0 bridgehead atoms. The number of hydrogen-bond acceptors (Lipinski definition) is 5. The minimum absolute atomic E-state index is 0.00167. The second-order valence-electron chi connectivity index (χ2n) is 13.9. The molecule has 0 aliphatic carbocycles. The highest BCUT2D eigenvalue weighted by Crippen LogP contribution is 2.45. The fourth-order valence-corrected chi connectivity index (χ4v) is 7.15. The number of amides is 1. The summed E-state index contributed by atoms with van der Waals surface area (Å²) >= 11 is 0. The topological polar surface area (TPSA) is 99.6 Å². The van der Waals surface area contributed by atoms with Gasteiger partial charge in [0, 0.05) is 41.2 Å². The number of fused-ring (bicyclic) bond motifs is 1. The summed E-state index contributed by atoms with van der Waals surface area (Å²) in [4.78, 5) is 47.9. The Labute approximate surface area is 279 Å². The molecule has 48 heavy (non-hydrogen) atoms. The van der Waals surface area contributed by atoms with E-state index in [-0.39, 0.29) is 24.7 Å². The number of pyridine rings is 1. The number of anilines is 2. The van der Waals surface area contributed by atoms with Gasteiger partial charge in [-0.05, 0) is 98.0 Å². The fourth-order valence-electron chi connectivity index (χ4n) is 7.15. The van der Waals surface area contributed by atoms with E-state index in [4.69, 9.17) is 4.98 Å². The quantitative estimate of drug-likeness (QED) is 0.192. The third-order valence-electron chi connectivity index (χ3n) is 9.93. The van der Waals surface area contributed by atoms with Gasteiger partial charge in [-0.1, -0.05) is 44.2 Å². The number of nitrogens with one attached hydrogen (secondary N) is 1. The molecule has 0 atom stereocenters. The molecule has 4 aromatic rings. The summed E-state index contributed by atoms with van der Waals surface area (Å²) in [6.07, 6.45) is 1.68. The Morgan fingerprint density at radius 2 is 1.44 bits per heavy atom. The Bertz CT molecular complexity index is 1860. The summed E-state index contributed by atoms with van der Waals surface area (Å²) in [7, 11) is 0. The third kappa shape index (κ3) is 6.33. The molecule has 0 unspecified atom stereocenters. The molecule has 9 heteroatoms. The second-order valence-corrected chi connectivity index (χ2v) is 13.9. The van der Waals surface area contributed by atoms with E-state index < -0.39 is 34.7 Å². The second kappa shape index (κ2) is 12.6. The van der Waals surface area contributed by atoms with Gasteiger partial charge in [0.2, 0.25) is 5.91 Å². The van der Waals surface area contributed by atoms with Crippen molar-refractivity contribution in [3.05, 3.63) is 112 Å². The van der Waals surface area contributed by atoms with Crippen LogP contribution >= 0.6 is 0 Å². The number of piperidine rings is 1. The van der Waals surface area contributed by atoms with Crippen molar-refractivity contribution in [2.45, 2.75) is 59.8 Å². The summed E-state index contributed by atoms with van der Waals surface area (Å²) < 4.78 is 27.7. The number of hydrogen-bond donors (Lipinski definition) is 2. The number of carbonyl (C=O) groups excluding carboxylic acids is 2. The Morgan fingerprint density at radius 3 is 1.98 bits per heavy atom. The molecule has 0 saturated carbocycles. The molecule has 1 saturated heterocycles. The van der Waals surface area contributed by atoms with Crippen LogP contribution in [0.2, 0.25) is 0 Å². The van der Waals surface area contributed by atoms with Crippen LogP contribution in [0.25, 0.3) is 11.1 Å². The summed E-state index contributed by atoms with van der Waals surface area (Å²) in [5, 5.41) is 12.9. The lowest BCUT2D eigenvalue weighted by Crippen LogP contribution is -2.50. The number of halogens is 2. The van der Waals surface area contributed by atoms with Crippen LogP contribution in [0.5, 0.6) is 0 Å². The minimum Gasteiger partial charge on any atom is -0.481 e. The number of rotatable bonds is 8. The van der Waals surface area contributed by atoms with E-state index >= 15 is 0 Å². The molecule has 0 radical (unpaired) electrons. The number of aliphatic carboxylic acids is 1. The van der Waals surface area contributed by atoms with E-state index in [0.29, 0.717) is 44.9 Å². The lowest BCUT2D eigenvalue weighted by molar-refractivity contribution is -0.136. The first-order chi connectivity index (χ1) is 22.8. The average Bonchev–Trinajstić information content (AvgIpc) is 3.03. The van der Waals surface area contributed by atoms with Crippen molar-refractivity contribution >= 4 is 29.0 Å². The van der Waals surface area contributed by atoms with Crippen LogP contribution in [0.3, 0.4) is 0 Å². The number of aryl methyl sites for hydroxylation is 2. The van der Waals surface area contributed by atoms with Gasteiger partial charge >= 0.3 is 5.97 Å². The maximum absolute atomic E-state index is 14.8. The van der Waals surface area contributed by atoms with E-state index in [9.17, 15) is 28.3 Å². The van der Waals surface area contributed by atoms with Crippen LogP contribution < -0.4 is 10.2 Å².